The number of carbonyl (C=O) groups excluding carboxylic acids is 1. The normalized spacial score (nSPS) is 10.9. The number of carbonyl (C=O) groups is 1. The van der Waals surface area contributed by atoms with E-state index in [1.54, 1.807) is 36.7 Å². The lowest BCUT2D eigenvalue weighted by Crippen LogP contribution is -2.03. The summed E-state index contributed by atoms with van der Waals surface area (Å²) < 4.78 is 14.0. The number of anilines is 2. The number of hydrogen-bond donors (Lipinski definition) is 2. The average Bonchev–Trinajstić information content (AvgIpc) is 2.72. The third kappa shape index (κ3) is 3.62. The second-order valence-corrected chi connectivity index (χ2v) is 6.90. The SMILES string of the molecule is CC(=O)c1cnc2ccc(-c3cc(F)c(O)c(Cl)c3)cc2c1Nc1cccnc1. The highest BCUT2D eigenvalue weighted by Gasteiger charge is 2.15. The number of aromatic hydroxyl groups is 1. The van der Waals surface area contributed by atoms with E-state index in [1.165, 1.54) is 25.3 Å². The maximum absolute atomic E-state index is 14.0. The summed E-state index contributed by atoms with van der Waals surface area (Å²) in [6.45, 7) is 1.47. The van der Waals surface area contributed by atoms with Crippen molar-refractivity contribution < 1.29 is 14.3 Å². The van der Waals surface area contributed by atoms with Gasteiger partial charge in [0.15, 0.2) is 17.3 Å². The highest BCUT2D eigenvalue weighted by molar-refractivity contribution is 6.32. The molecule has 0 fully saturated rings. The van der Waals surface area contributed by atoms with Gasteiger partial charge in [0, 0.05) is 17.8 Å². The smallest absolute Gasteiger partial charge is 0.170 e. The summed E-state index contributed by atoms with van der Waals surface area (Å²) in [5.74, 6) is -1.54. The third-order valence-electron chi connectivity index (χ3n) is 4.53. The zero-order chi connectivity index (χ0) is 20.5. The molecule has 0 atom stereocenters. The fourth-order valence-corrected chi connectivity index (χ4v) is 3.29. The topological polar surface area (TPSA) is 75.1 Å². The summed E-state index contributed by atoms with van der Waals surface area (Å²) >= 11 is 5.93. The molecule has 2 N–H and O–H groups in total. The van der Waals surface area contributed by atoms with Crippen LogP contribution < -0.4 is 5.32 Å². The lowest BCUT2D eigenvalue weighted by molar-refractivity contribution is 0.101. The standard InChI is InChI=1S/C22H15ClFN3O2/c1-12(28)17-11-26-20-5-4-13(14-8-18(23)22(29)19(24)9-14)7-16(20)21(17)27-15-3-2-6-25-10-15/h2-11,29H,1H3,(H,26,27). The van der Waals surface area contributed by atoms with Crippen LogP contribution in [0.3, 0.4) is 0 Å². The van der Waals surface area contributed by atoms with Gasteiger partial charge in [-0.3, -0.25) is 14.8 Å². The number of benzene rings is 2. The predicted molar refractivity (Wildman–Crippen MR) is 111 cm³/mol. The van der Waals surface area contributed by atoms with Gasteiger partial charge < -0.3 is 10.4 Å². The Bertz CT molecular complexity index is 1220. The van der Waals surface area contributed by atoms with Gasteiger partial charge in [-0.25, -0.2) is 4.39 Å². The molecule has 0 aliphatic heterocycles. The molecule has 29 heavy (non-hydrogen) atoms. The van der Waals surface area contributed by atoms with Crippen LogP contribution in [0.25, 0.3) is 22.0 Å². The van der Waals surface area contributed by atoms with Crippen molar-refractivity contribution in [1.29, 1.82) is 0 Å². The van der Waals surface area contributed by atoms with Crippen LogP contribution in [0, 0.1) is 5.82 Å². The van der Waals surface area contributed by atoms with E-state index in [0.717, 1.165) is 0 Å². The predicted octanol–water partition coefficient (Wildman–Crippen LogP) is 5.74. The molecule has 4 rings (SSSR count). The van der Waals surface area contributed by atoms with Gasteiger partial charge in [-0.15, -0.1) is 0 Å². The summed E-state index contributed by atoms with van der Waals surface area (Å²) in [5.41, 5.74) is 3.54. The van der Waals surface area contributed by atoms with Crippen LogP contribution in [-0.4, -0.2) is 20.9 Å². The molecule has 0 saturated carbocycles. The summed E-state index contributed by atoms with van der Waals surface area (Å²) in [5, 5.41) is 13.4. The number of Topliss-reactive ketones (excluding diaryl/α,β-unsaturated/α-hetero) is 1. The molecule has 2 aromatic heterocycles. The first kappa shape index (κ1) is 18.8. The minimum atomic E-state index is -0.808. The molecule has 144 valence electrons. The molecular weight excluding hydrogens is 393 g/mol. The molecule has 0 amide bonds. The van der Waals surface area contributed by atoms with Gasteiger partial charge in [0.25, 0.3) is 0 Å². The molecule has 0 saturated heterocycles. The minimum Gasteiger partial charge on any atom is -0.504 e. The number of nitrogens with one attached hydrogen (secondary N) is 1. The number of hydrogen-bond acceptors (Lipinski definition) is 5. The number of ketones is 1. The van der Waals surface area contributed by atoms with Gasteiger partial charge in [-0.05, 0) is 54.4 Å². The Morgan fingerprint density at radius 1 is 1.14 bits per heavy atom. The van der Waals surface area contributed by atoms with Gasteiger partial charge in [0.2, 0.25) is 0 Å². The first-order valence-corrected chi connectivity index (χ1v) is 9.11. The summed E-state index contributed by atoms with van der Waals surface area (Å²) in [6, 6.07) is 11.7. The largest absolute Gasteiger partial charge is 0.504 e. The van der Waals surface area contributed by atoms with Gasteiger partial charge in [-0.1, -0.05) is 17.7 Å². The number of halogens is 2. The first-order valence-electron chi connectivity index (χ1n) is 8.73. The molecular formula is C22H15ClFN3O2. The molecule has 4 aromatic rings. The fraction of sp³-hybridized carbons (Fsp3) is 0.0455. The molecule has 7 heteroatoms. The average molecular weight is 408 g/mol. The van der Waals surface area contributed by atoms with Crippen LogP contribution in [0.15, 0.2) is 61.1 Å². The molecule has 2 aromatic carbocycles. The van der Waals surface area contributed by atoms with Gasteiger partial charge in [-0.2, -0.15) is 0 Å². The molecule has 0 aliphatic rings. The summed E-state index contributed by atoms with van der Waals surface area (Å²) in [7, 11) is 0. The molecule has 0 unspecified atom stereocenters. The van der Waals surface area contributed by atoms with E-state index in [-0.39, 0.29) is 10.8 Å². The molecule has 5 nitrogen and oxygen atoms in total. The maximum atomic E-state index is 14.0. The van der Waals surface area contributed by atoms with E-state index in [9.17, 15) is 14.3 Å². The van der Waals surface area contributed by atoms with E-state index < -0.39 is 11.6 Å². The Morgan fingerprint density at radius 2 is 1.97 bits per heavy atom. The van der Waals surface area contributed by atoms with Crippen molar-refractivity contribution in [2.75, 3.05) is 5.32 Å². The van der Waals surface area contributed by atoms with Crippen LogP contribution in [0.1, 0.15) is 17.3 Å². The van der Waals surface area contributed by atoms with E-state index >= 15 is 0 Å². The van der Waals surface area contributed by atoms with Crippen molar-refractivity contribution in [3.63, 3.8) is 0 Å². The van der Waals surface area contributed by atoms with Crippen LogP contribution in [0.5, 0.6) is 5.75 Å². The number of pyridine rings is 2. The Morgan fingerprint density at radius 3 is 2.66 bits per heavy atom. The highest BCUT2D eigenvalue weighted by Crippen LogP contribution is 2.36. The monoisotopic (exact) mass is 407 g/mol. The van der Waals surface area contributed by atoms with Crippen molar-refractivity contribution in [1.82, 2.24) is 9.97 Å². The number of phenols is 1. The van der Waals surface area contributed by atoms with Gasteiger partial charge in [0.05, 0.1) is 33.7 Å². The second kappa shape index (κ2) is 7.48. The van der Waals surface area contributed by atoms with Crippen LogP contribution in [-0.2, 0) is 0 Å². The van der Waals surface area contributed by atoms with Crippen LogP contribution >= 0.6 is 11.6 Å². The maximum Gasteiger partial charge on any atom is 0.170 e. The lowest BCUT2D eigenvalue weighted by atomic mass is 10.00. The summed E-state index contributed by atoms with van der Waals surface area (Å²) in [4.78, 5) is 20.6. The van der Waals surface area contributed by atoms with E-state index in [2.05, 4.69) is 15.3 Å². The van der Waals surface area contributed by atoms with E-state index in [0.29, 0.717) is 39.0 Å². The Hall–Kier alpha value is -3.51. The zero-order valence-electron chi connectivity index (χ0n) is 15.3. The second-order valence-electron chi connectivity index (χ2n) is 6.49. The van der Waals surface area contributed by atoms with Crippen molar-refractivity contribution in [2.45, 2.75) is 6.92 Å². The Balaban J connectivity index is 1.93. The van der Waals surface area contributed by atoms with Gasteiger partial charge >= 0.3 is 0 Å². The van der Waals surface area contributed by atoms with Crippen molar-refractivity contribution in [2.24, 2.45) is 0 Å². The first-order chi connectivity index (χ1) is 13.9. The third-order valence-corrected chi connectivity index (χ3v) is 4.82. The molecule has 0 aliphatic carbocycles. The van der Waals surface area contributed by atoms with Crippen molar-refractivity contribution in [3.8, 4) is 16.9 Å². The molecule has 0 bridgehead atoms. The van der Waals surface area contributed by atoms with Gasteiger partial charge in [0.1, 0.15) is 0 Å². The molecule has 0 radical (unpaired) electrons. The van der Waals surface area contributed by atoms with Crippen molar-refractivity contribution in [3.05, 3.63) is 77.5 Å². The Kier molecular flexibility index (Phi) is 4.86. The minimum absolute atomic E-state index is 0.0792. The fourth-order valence-electron chi connectivity index (χ4n) is 3.09. The molecule has 2 heterocycles. The number of phenolic OH excluding ortho intramolecular Hbond substituents is 1. The van der Waals surface area contributed by atoms with Crippen LogP contribution in [0.4, 0.5) is 15.8 Å². The van der Waals surface area contributed by atoms with E-state index in [1.807, 2.05) is 6.07 Å². The highest BCUT2D eigenvalue weighted by atomic mass is 35.5. The van der Waals surface area contributed by atoms with Crippen LogP contribution in [0.2, 0.25) is 5.02 Å². The quantitative estimate of drug-likeness (QED) is 0.422. The summed E-state index contributed by atoms with van der Waals surface area (Å²) in [6.07, 6.45) is 4.83. The zero-order valence-corrected chi connectivity index (χ0v) is 16.0. The van der Waals surface area contributed by atoms with Crippen molar-refractivity contribution >= 4 is 39.7 Å². The van der Waals surface area contributed by atoms with E-state index in [4.69, 9.17) is 11.6 Å². The number of fused-ring (bicyclic) bond motifs is 1. The lowest BCUT2D eigenvalue weighted by Gasteiger charge is -2.14. The number of rotatable bonds is 4. The Labute approximate surface area is 170 Å². The number of nitrogens with zero attached hydrogens (tertiary/aromatic N) is 2. The number of aromatic nitrogens is 2. The molecule has 0 spiro atoms.